The van der Waals surface area contributed by atoms with Gasteiger partial charge in [-0.25, -0.2) is 0 Å². The maximum atomic E-state index is 2.66. The van der Waals surface area contributed by atoms with E-state index in [1.807, 2.05) is 0 Å². The average Bonchev–Trinajstić information content (AvgIpc) is 2.58. The Bertz CT molecular complexity index is 537. The van der Waals surface area contributed by atoms with Gasteiger partial charge in [-0.15, -0.1) is 0 Å². The van der Waals surface area contributed by atoms with E-state index in [-0.39, 0.29) is 5.41 Å². The van der Waals surface area contributed by atoms with Crippen LogP contribution in [0.2, 0.25) is 0 Å². The molecule has 2 nitrogen and oxygen atoms in total. The summed E-state index contributed by atoms with van der Waals surface area (Å²) in [5.74, 6) is 0. The van der Waals surface area contributed by atoms with Gasteiger partial charge in [-0.2, -0.15) is 0 Å². The second kappa shape index (κ2) is 7.58. The molecule has 0 N–H and O–H groups in total. The van der Waals surface area contributed by atoms with Crippen LogP contribution in [0.5, 0.6) is 0 Å². The highest BCUT2D eigenvalue weighted by atomic mass is 15.2. The molecule has 134 valence electrons. The van der Waals surface area contributed by atoms with E-state index in [0.717, 1.165) is 0 Å². The van der Waals surface area contributed by atoms with Gasteiger partial charge in [0.25, 0.3) is 0 Å². The minimum absolute atomic E-state index is 0.252. The zero-order valence-electron chi connectivity index (χ0n) is 16.3. The van der Waals surface area contributed by atoms with Crippen LogP contribution < -0.4 is 0 Å². The van der Waals surface area contributed by atoms with Crippen molar-refractivity contribution in [2.45, 2.75) is 70.8 Å². The molecule has 0 saturated carbocycles. The Kier molecular flexibility index (Phi) is 5.66. The van der Waals surface area contributed by atoms with Crippen LogP contribution >= 0.6 is 0 Å². The first-order valence-corrected chi connectivity index (χ1v) is 10.0. The predicted octanol–water partition coefficient (Wildman–Crippen LogP) is 4.78. The second-order valence-electron chi connectivity index (χ2n) is 8.95. The molecule has 0 aromatic heterocycles. The van der Waals surface area contributed by atoms with E-state index >= 15 is 0 Å². The largest absolute Gasteiger partial charge is 0.302 e. The number of likely N-dealkylation sites (N-methyl/N-ethyl adjacent to an activating group) is 1. The van der Waals surface area contributed by atoms with Crippen LogP contribution in [0.4, 0.5) is 0 Å². The Morgan fingerprint density at radius 2 is 1.83 bits per heavy atom. The number of hydrogen-bond acceptors (Lipinski definition) is 2. The summed E-state index contributed by atoms with van der Waals surface area (Å²) in [4.78, 5) is 5.27. The minimum Gasteiger partial charge on any atom is -0.302 e. The standard InChI is InChI=1S/C22H36N2/c1-22(2,3)19-11-12-20-18(17-19)9-8-10-21(20)23(4)15-16-24-13-6-5-7-14-24/h11-12,17,21H,5-10,13-16H2,1-4H3. The number of nitrogens with zero attached hydrogens (tertiary/aromatic N) is 2. The van der Waals surface area contributed by atoms with Crippen molar-refractivity contribution in [3.05, 3.63) is 34.9 Å². The molecule has 1 aliphatic heterocycles. The van der Waals surface area contributed by atoms with Gasteiger partial charge in [0, 0.05) is 19.1 Å². The van der Waals surface area contributed by atoms with Crippen LogP contribution in [-0.4, -0.2) is 43.0 Å². The third-order valence-electron chi connectivity index (χ3n) is 6.04. The molecule has 0 bridgehead atoms. The molecule has 1 heterocycles. The lowest BCUT2D eigenvalue weighted by Crippen LogP contribution is -2.38. The third kappa shape index (κ3) is 4.21. The van der Waals surface area contributed by atoms with Crippen LogP contribution in [-0.2, 0) is 11.8 Å². The van der Waals surface area contributed by atoms with Gasteiger partial charge in [0.2, 0.25) is 0 Å². The van der Waals surface area contributed by atoms with Crippen molar-refractivity contribution < 1.29 is 0 Å². The van der Waals surface area contributed by atoms with Crippen LogP contribution in [0.25, 0.3) is 0 Å². The summed E-state index contributed by atoms with van der Waals surface area (Å²) >= 11 is 0. The Hall–Kier alpha value is -0.860. The van der Waals surface area contributed by atoms with Gasteiger partial charge in [-0.3, -0.25) is 4.90 Å². The number of likely N-dealkylation sites (tertiary alicyclic amines) is 1. The Labute approximate surface area is 149 Å². The first kappa shape index (κ1) is 17.9. The van der Waals surface area contributed by atoms with Crippen molar-refractivity contribution in [3.8, 4) is 0 Å². The molecule has 0 amide bonds. The van der Waals surface area contributed by atoms with Crippen molar-refractivity contribution in [2.24, 2.45) is 0 Å². The smallest absolute Gasteiger partial charge is 0.0348 e. The lowest BCUT2D eigenvalue weighted by Gasteiger charge is -2.36. The molecule has 3 rings (SSSR count). The van der Waals surface area contributed by atoms with Gasteiger partial charge < -0.3 is 4.90 Å². The highest BCUT2D eigenvalue weighted by Crippen LogP contribution is 2.36. The molecule has 1 aromatic rings. The van der Waals surface area contributed by atoms with E-state index in [2.05, 4.69) is 55.8 Å². The van der Waals surface area contributed by atoms with Crippen molar-refractivity contribution >= 4 is 0 Å². The molecular formula is C22H36N2. The van der Waals surface area contributed by atoms with E-state index < -0.39 is 0 Å². The monoisotopic (exact) mass is 328 g/mol. The molecule has 0 spiro atoms. The topological polar surface area (TPSA) is 6.48 Å². The van der Waals surface area contributed by atoms with Gasteiger partial charge in [-0.1, -0.05) is 45.4 Å². The van der Waals surface area contributed by atoms with Crippen molar-refractivity contribution in [1.82, 2.24) is 9.80 Å². The third-order valence-corrected chi connectivity index (χ3v) is 6.04. The van der Waals surface area contributed by atoms with E-state index in [1.54, 1.807) is 11.1 Å². The fraction of sp³-hybridized carbons (Fsp3) is 0.727. The lowest BCUT2D eigenvalue weighted by molar-refractivity contribution is 0.162. The Balaban J connectivity index is 1.67. The van der Waals surface area contributed by atoms with Crippen LogP contribution in [0.3, 0.4) is 0 Å². The van der Waals surface area contributed by atoms with Crippen LogP contribution in [0.15, 0.2) is 18.2 Å². The molecule has 2 aliphatic rings. The lowest BCUT2D eigenvalue weighted by atomic mass is 9.80. The van der Waals surface area contributed by atoms with E-state index in [0.29, 0.717) is 6.04 Å². The highest BCUT2D eigenvalue weighted by molar-refractivity contribution is 5.38. The summed E-state index contributed by atoms with van der Waals surface area (Å²) in [6.07, 6.45) is 8.13. The number of benzene rings is 1. The Morgan fingerprint density at radius 1 is 1.08 bits per heavy atom. The quantitative estimate of drug-likeness (QED) is 0.785. The fourth-order valence-electron chi connectivity index (χ4n) is 4.35. The van der Waals surface area contributed by atoms with Crippen molar-refractivity contribution in [1.29, 1.82) is 0 Å². The molecular weight excluding hydrogens is 292 g/mol. The highest BCUT2D eigenvalue weighted by Gasteiger charge is 2.25. The maximum Gasteiger partial charge on any atom is 0.0348 e. The summed E-state index contributed by atoms with van der Waals surface area (Å²) in [6.45, 7) is 12.0. The number of piperidine rings is 1. The average molecular weight is 329 g/mol. The van der Waals surface area contributed by atoms with Gasteiger partial charge >= 0.3 is 0 Å². The molecule has 2 heteroatoms. The van der Waals surface area contributed by atoms with E-state index in [9.17, 15) is 0 Å². The molecule has 1 aliphatic carbocycles. The zero-order valence-corrected chi connectivity index (χ0v) is 16.3. The van der Waals surface area contributed by atoms with Gasteiger partial charge in [0.05, 0.1) is 0 Å². The molecule has 1 saturated heterocycles. The summed E-state index contributed by atoms with van der Waals surface area (Å²) in [7, 11) is 2.33. The first-order chi connectivity index (χ1) is 11.4. The summed E-state index contributed by atoms with van der Waals surface area (Å²) in [6, 6.07) is 7.90. The number of rotatable bonds is 4. The summed E-state index contributed by atoms with van der Waals surface area (Å²) < 4.78 is 0. The number of hydrogen-bond donors (Lipinski definition) is 0. The van der Waals surface area contributed by atoms with Crippen molar-refractivity contribution in [2.75, 3.05) is 33.2 Å². The second-order valence-corrected chi connectivity index (χ2v) is 8.95. The number of fused-ring (bicyclic) bond motifs is 1. The maximum absolute atomic E-state index is 2.66. The fourth-order valence-corrected chi connectivity index (χ4v) is 4.35. The SMILES string of the molecule is CN(CCN1CCCCC1)C1CCCc2cc(C(C)(C)C)ccc21. The predicted molar refractivity (Wildman–Crippen MR) is 104 cm³/mol. The van der Waals surface area contributed by atoms with Crippen LogP contribution in [0, 0.1) is 0 Å². The zero-order chi connectivity index (χ0) is 17.2. The van der Waals surface area contributed by atoms with Gasteiger partial charge in [0.1, 0.15) is 0 Å². The number of aryl methyl sites for hydroxylation is 1. The minimum atomic E-state index is 0.252. The normalized spacial score (nSPS) is 22.6. The summed E-state index contributed by atoms with van der Waals surface area (Å²) in [5.41, 5.74) is 4.93. The van der Waals surface area contributed by atoms with Gasteiger partial charge in [0.15, 0.2) is 0 Å². The van der Waals surface area contributed by atoms with E-state index in [1.165, 1.54) is 70.3 Å². The van der Waals surface area contributed by atoms with Crippen LogP contribution in [0.1, 0.15) is 75.6 Å². The summed E-state index contributed by atoms with van der Waals surface area (Å²) in [5, 5.41) is 0. The van der Waals surface area contributed by atoms with E-state index in [4.69, 9.17) is 0 Å². The van der Waals surface area contributed by atoms with Gasteiger partial charge in [-0.05, 0) is 74.3 Å². The molecule has 1 atom stereocenters. The molecule has 1 aromatic carbocycles. The molecule has 1 unspecified atom stereocenters. The van der Waals surface area contributed by atoms with Crippen molar-refractivity contribution in [3.63, 3.8) is 0 Å². The molecule has 24 heavy (non-hydrogen) atoms. The molecule has 1 fully saturated rings. The molecule has 0 radical (unpaired) electrons. The Morgan fingerprint density at radius 3 is 2.54 bits per heavy atom. The first-order valence-electron chi connectivity index (χ1n) is 10.0.